The summed E-state index contributed by atoms with van der Waals surface area (Å²) in [7, 11) is 9.76. The average Bonchev–Trinajstić information content (AvgIpc) is 0.817. The summed E-state index contributed by atoms with van der Waals surface area (Å²) in [4.78, 5) is 171. The predicted octanol–water partition coefficient (Wildman–Crippen LogP) is 2.75. The van der Waals surface area contributed by atoms with Crippen molar-refractivity contribution in [1.29, 1.82) is 0 Å². The zero-order valence-electron chi connectivity index (χ0n) is 61.7. The summed E-state index contributed by atoms with van der Waals surface area (Å²) in [6, 6.07) is -13.0. The number of hydrogen-bond donors (Lipinski definition) is 5. The van der Waals surface area contributed by atoms with E-state index in [2.05, 4.69) is 21.3 Å². The molecule has 0 unspecified atom stereocenters. The Morgan fingerprint density at radius 3 is 1.55 bits per heavy atom. The Morgan fingerprint density at radius 1 is 0.558 bits per heavy atom. The third kappa shape index (κ3) is 24.3. The van der Waals surface area contributed by atoms with Gasteiger partial charge in [0.05, 0.1) is 38.5 Å². The fraction of sp³-hybridized carbons (Fsp3) is 0.809. The number of ether oxygens (including phenoxy) is 2. The molecule has 13 atom stereocenters. The van der Waals surface area contributed by atoms with E-state index in [4.69, 9.17) is 9.47 Å². The molecule has 0 saturated carbocycles. The highest BCUT2D eigenvalue weighted by molar-refractivity contribution is 5.99. The van der Waals surface area contributed by atoms with Crippen LogP contribution in [0, 0.1) is 40.7 Å². The lowest BCUT2D eigenvalue weighted by molar-refractivity contribution is -0.888. The summed E-state index contributed by atoms with van der Waals surface area (Å²) in [5.41, 5.74) is 0. The van der Waals surface area contributed by atoms with Crippen molar-refractivity contribution in [3.05, 3.63) is 17.4 Å². The summed E-state index contributed by atoms with van der Waals surface area (Å²) in [5, 5.41) is 36.4. The second-order valence-corrected chi connectivity index (χ2v) is 28.5. The maximum absolute atomic E-state index is 15.2. The number of nitrogens with zero attached hydrogens (tertiary/aromatic N) is 8. The van der Waals surface area contributed by atoms with Crippen molar-refractivity contribution in [3.63, 3.8) is 0 Å². The zero-order valence-corrected chi connectivity index (χ0v) is 61.7. The van der Waals surface area contributed by atoms with Gasteiger partial charge in [-0.2, -0.15) is 0 Å². The number of amides is 11. The number of likely N-dealkylation sites (N-methyl/N-ethyl adjacent to an activating group) is 7. The first-order chi connectivity index (χ1) is 44.1. The Hall–Kier alpha value is -6.29. The highest BCUT2D eigenvalue weighted by Gasteiger charge is 2.46. The van der Waals surface area contributed by atoms with Crippen LogP contribution in [0.2, 0.25) is 0 Å². The predicted molar refractivity (Wildman–Crippen MR) is 363 cm³/mol. The van der Waals surface area contributed by atoms with Crippen LogP contribution < -0.4 is 21.3 Å². The number of aliphatic hydroxyl groups is 1. The van der Waals surface area contributed by atoms with Gasteiger partial charge in [-0.1, -0.05) is 95.2 Å². The molecule has 2 heterocycles. The van der Waals surface area contributed by atoms with E-state index >= 15 is 14.4 Å². The van der Waals surface area contributed by atoms with Crippen molar-refractivity contribution < 1.29 is 72.0 Å². The molecule has 11 amide bonds. The number of quaternary nitrogens is 1. The molecular weight excluding hydrogens is 1220 g/mol. The van der Waals surface area contributed by atoms with Crippen LogP contribution in [0.3, 0.4) is 0 Å². The maximum atomic E-state index is 15.2. The van der Waals surface area contributed by atoms with Crippen molar-refractivity contribution in [2.75, 3.05) is 95.3 Å². The summed E-state index contributed by atoms with van der Waals surface area (Å²) < 4.78 is 11.2. The maximum Gasteiger partial charge on any atom is 0.246 e. The topological polar surface area (TPSA) is 320 Å². The Bertz CT molecular complexity index is 2600. The molecule has 5 N–H and O–H groups in total. The molecule has 27 heteroatoms. The molecule has 0 aromatic heterocycles. The Kier molecular flexibility index (Phi) is 35.0. The van der Waals surface area contributed by atoms with Crippen molar-refractivity contribution in [2.24, 2.45) is 35.5 Å². The Labute approximate surface area is 567 Å². The number of morpholine rings is 1. The number of carbonyl (C=O) groups is 11. The molecular formula is C68H122N12O15. The number of hydroxylamine groups is 3. The molecule has 2 aliphatic heterocycles. The normalized spacial score (nSPS) is 27.1. The van der Waals surface area contributed by atoms with Crippen LogP contribution in [0.25, 0.3) is 0 Å². The van der Waals surface area contributed by atoms with Gasteiger partial charge < -0.3 is 80.0 Å². The fourth-order valence-corrected chi connectivity index (χ4v) is 12.2. The SMILES string of the molecule is C/C=C/C[C@@H](C)[C@@H](O)[C@H]1C(=O)N[C@@H](CC)C(=O)N(C)CC(=O)N(C)[C@@H]([C@@H](C)OCCCC[N+]2([O-])CCOCC2)C(=O)N[C@@H](C(C)C)C(=O)N(C)[C@@H](CC(C)C)C(=O)N[C@@H](C)C(=O)N[C@H](C)C(=O)N(C)[C@@H](CC(C)C)C(=O)N(C)[C@H](CC(C)C)C(=O)N(C)[C@@H](C(C)C)C(=O)N1C. The minimum atomic E-state index is -1.65. The van der Waals surface area contributed by atoms with Gasteiger partial charge in [0.1, 0.15) is 73.5 Å². The van der Waals surface area contributed by atoms with Crippen LogP contribution >= 0.6 is 0 Å². The summed E-state index contributed by atoms with van der Waals surface area (Å²) in [5.74, 6) is -10.3. The van der Waals surface area contributed by atoms with E-state index in [1.54, 1.807) is 67.5 Å². The van der Waals surface area contributed by atoms with Crippen LogP contribution in [0.4, 0.5) is 0 Å². The minimum Gasteiger partial charge on any atom is -0.633 e. The van der Waals surface area contributed by atoms with Gasteiger partial charge in [-0.05, 0) is 108 Å². The Morgan fingerprint density at radius 2 is 1.04 bits per heavy atom. The quantitative estimate of drug-likeness (QED) is 0.0507. The Balaban J connectivity index is 2.98. The molecule has 2 fully saturated rings. The van der Waals surface area contributed by atoms with Crippen molar-refractivity contribution >= 4 is 65.0 Å². The molecule has 2 saturated heterocycles. The van der Waals surface area contributed by atoms with Crippen LogP contribution in [0.1, 0.15) is 156 Å². The molecule has 0 spiro atoms. The van der Waals surface area contributed by atoms with E-state index in [1.807, 2.05) is 41.5 Å². The summed E-state index contributed by atoms with van der Waals surface area (Å²) in [6.45, 7) is 28.7. The van der Waals surface area contributed by atoms with Gasteiger partial charge in [0.15, 0.2) is 0 Å². The standard InChI is InChI=1S/C68H122N12O15/c1-24-26-29-45(13)58(82)57-62(86)71-49(25-2)64(88)73(17)39-53(81)77(21)56(48(16)95-33-28-27-30-80(93)31-34-94-35-32-80)61(85)72-54(43(9)10)67(91)74(18)50(36-40(3)4)60(84)69-46(14)59(83)70-47(15)63(87)75(19)51(37-41(5)6)65(89)76(20)52(38-42(7)8)66(90)78(22)55(44(11)12)68(92)79(57)23/h24,26,40-52,54-58,82H,25,27-39H2,1-23H3,(H,69,84)(H,70,83)(H,71,86)(H,72,85)/b26-24+/t45-,46+,47-,48-,49+,50+,51+,52-,54+,55+,56+,57+,58-/m1/s1. The van der Waals surface area contributed by atoms with Crippen molar-refractivity contribution in [2.45, 2.75) is 228 Å². The van der Waals surface area contributed by atoms with Gasteiger partial charge in [0.2, 0.25) is 65.0 Å². The van der Waals surface area contributed by atoms with Crippen molar-refractivity contribution in [1.82, 2.24) is 55.6 Å². The molecule has 0 bridgehead atoms. The van der Waals surface area contributed by atoms with Crippen LogP contribution in [0.15, 0.2) is 12.2 Å². The third-order valence-corrected chi connectivity index (χ3v) is 18.4. The first kappa shape index (κ1) is 84.8. The van der Waals surface area contributed by atoms with Crippen molar-refractivity contribution in [3.8, 4) is 0 Å². The molecule has 544 valence electrons. The number of hydrogen-bond acceptors (Lipinski definition) is 15. The van der Waals surface area contributed by atoms with Gasteiger partial charge in [-0.15, -0.1) is 0 Å². The second-order valence-electron chi connectivity index (χ2n) is 28.5. The van der Waals surface area contributed by atoms with Crippen LogP contribution in [-0.4, -0.2) is 277 Å². The summed E-state index contributed by atoms with van der Waals surface area (Å²) in [6.07, 6.45) is 2.55. The molecule has 0 radical (unpaired) electrons. The molecule has 0 aromatic rings. The number of allylic oxidation sites excluding steroid dienone is 2. The van der Waals surface area contributed by atoms with Crippen LogP contribution in [-0.2, 0) is 62.2 Å². The van der Waals surface area contributed by atoms with E-state index in [9.17, 15) is 48.7 Å². The smallest absolute Gasteiger partial charge is 0.246 e. The van der Waals surface area contributed by atoms with Gasteiger partial charge >= 0.3 is 0 Å². The lowest BCUT2D eigenvalue weighted by Gasteiger charge is -2.45. The lowest BCUT2D eigenvalue weighted by atomic mass is 9.91. The second kappa shape index (κ2) is 39.2. The minimum absolute atomic E-state index is 0.0211. The molecule has 0 aromatic carbocycles. The molecule has 95 heavy (non-hydrogen) atoms. The van der Waals surface area contributed by atoms with E-state index < -0.39 is 167 Å². The van der Waals surface area contributed by atoms with Gasteiger partial charge in [0.25, 0.3) is 0 Å². The van der Waals surface area contributed by atoms with Gasteiger partial charge in [0, 0.05) is 55.9 Å². The largest absolute Gasteiger partial charge is 0.633 e. The van der Waals surface area contributed by atoms with E-state index in [0.29, 0.717) is 45.7 Å². The van der Waals surface area contributed by atoms with Gasteiger partial charge in [-0.25, -0.2) is 0 Å². The first-order valence-corrected chi connectivity index (χ1v) is 34.2. The fourth-order valence-electron chi connectivity index (χ4n) is 12.2. The monoisotopic (exact) mass is 1350 g/mol. The number of nitrogens with one attached hydrogen (secondary N) is 4. The third-order valence-electron chi connectivity index (χ3n) is 18.4. The van der Waals surface area contributed by atoms with E-state index in [0.717, 1.165) is 14.7 Å². The number of rotatable bonds is 20. The lowest BCUT2D eigenvalue weighted by Crippen LogP contribution is -2.63. The number of unbranched alkanes of at least 4 members (excludes halogenated alkanes) is 1. The number of aliphatic hydroxyl groups excluding tert-OH is 1. The first-order valence-electron chi connectivity index (χ1n) is 34.2. The van der Waals surface area contributed by atoms with Crippen LogP contribution in [0.5, 0.6) is 0 Å². The zero-order chi connectivity index (χ0) is 72.8. The van der Waals surface area contributed by atoms with E-state index in [-0.39, 0.29) is 56.5 Å². The molecule has 27 nitrogen and oxygen atoms in total. The average molecular weight is 1350 g/mol. The molecule has 2 rings (SSSR count). The van der Waals surface area contributed by atoms with E-state index in [1.165, 1.54) is 82.8 Å². The highest BCUT2D eigenvalue weighted by atomic mass is 16.6. The summed E-state index contributed by atoms with van der Waals surface area (Å²) >= 11 is 0. The molecule has 0 aliphatic carbocycles. The number of carbonyl (C=O) groups excluding carboxylic acids is 11. The van der Waals surface area contributed by atoms with Gasteiger partial charge in [-0.3, -0.25) is 52.7 Å². The molecule has 2 aliphatic rings. The highest BCUT2D eigenvalue weighted by Crippen LogP contribution is 2.26.